The van der Waals surface area contributed by atoms with Crippen LogP contribution < -0.4 is 16.4 Å². The molecule has 0 spiro atoms. The number of nitrogen functional groups attached to an aromatic ring is 1. The highest BCUT2D eigenvalue weighted by Crippen LogP contribution is 2.61. The summed E-state index contributed by atoms with van der Waals surface area (Å²) in [5.74, 6) is -0.706. The highest BCUT2D eigenvalue weighted by molar-refractivity contribution is 8.13. The summed E-state index contributed by atoms with van der Waals surface area (Å²) in [7, 11) is -16.5. The maximum Gasteiger partial charge on any atom is 0.481 e. The quantitative estimate of drug-likeness (QED) is 0.0235. The number of aliphatic hydroxyl groups is 2. The van der Waals surface area contributed by atoms with Gasteiger partial charge in [0.15, 0.2) is 22.8 Å². The minimum atomic E-state index is -5.60. The van der Waals surface area contributed by atoms with Gasteiger partial charge in [0.05, 0.1) is 26.0 Å². The SMILES string of the molecule is CC/C=C\CC1C(=O)CCC1CCCCCC(=O)CC(=O)SCCNC(=O)CCNC(=O)[C@H](O)C(C)(C)COP(=O)(O)OP(=O)(O)OC[C@H]1O[C@@H](n2cnc3c(N)ncnc32)[C@H](O)[C@@H]1OP(=O)(O)O. The molecule has 0 radical (unpaired) electrons. The Labute approximate surface area is 401 Å². The van der Waals surface area contributed by atoms with Crippen LogP contribution >= 0.6 is 35.2 Å². The molecule has 4 rings (SSSR count). The van der Waals surface area contributed by atoms with Gasteiger partial charge in [0, 0.05) is 49.4 Å². The van der Waals surface area contributed by atoms with Crippen LogP contribution in [0.15, 0.2) is 24.8 Å². The third kappa shape index (κ3) is 18.6. The van der Waals surface area contributed by atoms with Crippen LogP contribution in [0.1, 0.15) is 97.6 Å². The average Bonchev–Trinajstić information content (AvgIpc) is 3.94. The number of thioether (sulfide) groups is 1. The summed E-state index contributed by atoms with van der Waals surface area (Å²) in [5.41, 5.74) is 4.22. The van der Waals surface area contributed by atoms with Gasteiger partial charge in [-0.15, -0.1) is 0 Å². The highest BCUT2D eigenvalue weighted by Gasteiger charge is 2.50. The number of ether oxygens (including phenoxy) is 1. The molecule has 1 aliphatic heterocycles. The number of nitrogens with one attached hydrogen (secondary N) is 2. The Morgan fingerprint density at radius 3 is 2.45 bits per heavy atom. The van der Waals surface area contributed by atoms with Gasteiger partial charge < -0.3 is 50.9 Å². The second-order valence-electron chi connectivity index (χ2n) is 17.1. The number of carbonyl (C=O) groups is 5. The Hall–Kier alpha value is -3.36. The van der Waals surface area contributed by atoms with Crippen molar-refractivity contribution >= 4 is 80.7 Å². The highest BCUT2D eigenvalue weighted by atomic mass is 32.2. The molecule has 2 fully saturated rings. The molecule has 9 atom stereocenters. The Bertz CT molecular complexity index is 2280. The van der Waals surface area contributed by atoms with Crippen molar-refractivity contribution in [3.63, 3.8) is 0 Å². The monoisotopic (exact) mass is 1060 g/mol. The Kier molecular flexibility index (Phi) is 22.2. The van der Waals surface area contributed by atoms with E-state index in [1.165, 1.54) is 13.8 Å². The Balaban J connectivity index is 1.10. The van der Waals surface area contributed by atoms with E-state index in [1.807, 2.05) is 0 Å². The summed E-state index contributed by atoms with van der Waals surface area (Å²) in [6.07, 6.45) is 3.82. The number of anilines is 1. The number of phosphoric ester groups is 3. The zero-order valence-corrected chi connectivity index (χ0v) is 41.8. The standard InChI is InChI=1S/C39H62N7O19P3S/c1-4-5-7-12-26-24(13-14-27(26)48)10-8-6-9-11-25(47)19-30(50)69-18-17-41-29(49)15-16-42-37(53)34(52)39(2,3)21-62-68(59,60)65-67(57,58)61-20-28-33(64-66(54,55)56)32(51)38(63-28)46-23-45-31-35(40)43-22-44-36(31)46/h5,7,22-24,26,28,32-34,38,51-52H,4,6,8-21H2,1-3H3,(H,41,49)(H,42,53)(H,57,58)(H,59,60)(H2,40,43,44)(H2,54,55,56)/b7-5-/t24?,26?,28-,32-,33-,34+,38-/m1/s1. The molecule has 2 aliphatic rings. The van der Waals surface area contributed by atoms with Crippen LogP contribution in [0.4, 0.5) is 5.82 Å². The third-order valence-corrected chi connectivity index (χ3v) is 15.1. The molecule has 1 saturated carbocycles. The van der Waals surface area contributed by atoms with Crippen molar-refractivity contribution in [3.05, 3.63) is 24.8 Å². The molecular formula is C39H62N7O19P3S. The number of unbranched alkanes of at least 4 members (excludes halogenated alkanes) is 2. The van der Waals surface area contributed by atoms with Crippen LogP contribution in [0.25, 0.3) is 11.2 Å². The van der Waals surface area contributed by atoms with Crippen LogP contribution in [0.2, 0.25) is 0 Å². The smallest absolute Gasteiger partial charge is 0.386 e. The molecule has 26 nitrogen and oxygen atoms in total. The van der Waals surface area contributed by atoms with Gasteiger partial charge in [-0.3, -0.25) is 42.1 Å². The fraction of sp³-hybridized carbons (Fsp3) is 0.692. The van der Waals surface area contributed by atoms with Crippen LogP contribution in [0, 0.1) is 17.3 Å². The summed E-state index contributed by atoms with van der Waals surface area (Å²) in [6, 6.07) is 0. The minimum Gasteiger partial charge on any atom is -0.386 e. The number of ketones is 2. The van der Waals surface area contributed by atoms with Crippen molar-refractivity contribution in [2.75, 3.05) is 37.8 Å². The normalized spacial score (nSPS) is 23.2. The fourth-order valence-corrected chi connectivity index (χ4v) is 11.1. The van der Waals surface area contributed by atoms with Crippen molar-refractivity contribution < 1.29 is 90.1 Å². The number of hydrogen-bond donors (Lipinski definition) is 9. The number of phosphoric acid groups is 3. The van der Waals surface area contributed by atoms with E-state index < -0.39 is 84.6 Å². The second-order valence-corrected chi connectivity index (χ2v) is 22.5. The summed E-state index contributed by atoms with van der Waals surface area (Å²) in [4.78, 5) is 113. The Morgan fingerprint density at radius 2 is 1.74 bits per heavy atom. The van der Waals surface area contributed by atoms with Gasteiger partial charge in [-0.1, -0.05) is 57.5 Å². The number of carbonyl (C=O) groups excluding carboxylic acids is 5. The first-order valence-corrected chi connectivity index (χ1v) is 27.6. The van der Waals surface area contributed by atoms with E-state index in [2.05, 4.69) is 53.5 Å². The molecular weight excluding hydrogens is 995 g/mol. The number of allylic oxidation sites excluding steroid dienone is 2. The number of amides is 2. The van der Waals surface area contributed by atoms with Gasteiger partial charge in [-0.25, -0.2) is 28.6 Å². The lowest BCUT2D eigenvalue weighted by Gasteiger charge is -2.30. The van der Waals surface area contributed by atoms with E-state index in [1.54, 1.807) is 0 Å². The van der Waals surface area contributed by atoms with Crippen molar-refractivity contribution in [1.82, 2.24) is 30.2 Å². The molecule has 0 bridgehead atoms. The maximum atomic E-state index is 12.7. The van der Waals surface area contributed by atoms with Crippen LogP contribution in [-0.4, -0.2) is 134 Å². The lowest BCUT2D eigenvalue weighted by Crippen LogP contribution is -2.46. The van der Waals surface area contributed by atoms with E-state index >= 15 is 0 Å². The third-order valence-electron chi connectivity index (χ3n) is 11.2. The molecule has 2 aromatic heterocycles. The van der Waals surface area contributed by atoms with Crippen molar-refractivity contribution in [3.8, 4) is 0 Å². The lowest BCUT2D eigenvalue weighted by atomic mass is 9.87. The van der Waals surface area contributed by atoms with Crippen molar-refractivity contribution in [2.45, 2.75) is 122 Å². The molecule has 10 N–H and O–H groups in total. The summed E-state index contributed by atoms with van der Waals surface area (Å²) >= 11 is 0.909. The molecule has 30 heteroatoms. The fourth-order valence-electron chi connectivity index (χ4n) is 7.56. The van der Waals surface area contributed by atoms with E-state index in [4.69, 9.17) is 19.5 Å². The number of Topliss-reactive ketones (excluding diaryl/α,β-unsaturated/α-hetero) is 2. The number of hydrogen-bond acceptors (Lipinski definition) is 20. The predicted molar refractivity (Wildman–Crippen MR) is 245 cm³/mol. The molecule has 4 unspecified atom stereocenters. The first-order valence-electron chi connectivity index (χ1n) is 22.1. The lowest BCUT2D eigenvalue weighted by molar-refractivity contribution is -0.137. The van der Waals surface area contributed by atoms with Gasteiger partial charge in [0.25, 0.3) is 0 Å². The largest absolute Gasteiger partial charge is 0.481 e. The number of fused-ring (bicyclic) bond motifs is 1. The molecule has 69 heavy (non-hydrogen) atoms. The summed E-state index contributed by atoms with van der Waals surface area (Å²) in [5, 5.41) is 26.2. The molecule has 0 aromatic carbocycles. The number of nitrogens with zero attached hydrogens (tertiary/aromatic N) is 4. The number of aromatic nitrogens is 4. The van der Waals surface area contributed by atoms with Crippen molar-refractivity contribution in [2.24, 2.45) is 17.3 Å². The van der Waals surface area contributed by atoms with E-state index in [9.17, 15) is 67.5 Å². The van der Waals surface area contributed by atoms with Gasteiger partial charge in [-0.05, 0) is 38.0 Å². The zero-order valence-electron chi connectivity index (χ0n) is 38.3. The van der Waals surface area contributed by atoms with Gasteiger partial charge >= 0.3 is 23.5 Å². The van der Waals surface area contributed by atoms with Crippen LogP contribution in [-0.2, 0) is 60.3 Å². The van der Waals surface area contributed by atoms with Crippen molar-refractivity contribution in [1.29, 1.82) is 0 Å². The summed E-state index contributed by atoms with van der Waals surface area (Å²) in [6.45, 7) is 2.32. The molecule has 2 amide bonds. The maximum absolute atomic E-state index is 12.7. The van der Waals surface area contributed by atoms with Crippen LogP contribution in [0.3, 0.4) is 0 Å². The number of aliphatic hydroxyl groups excluding tert-OH is 2. The molecule has 3 heterocycles. The average molecular weight is 1060 g/mol. The molecule has 388 valence electrons. The Morgan fingerprint density at radius 1 is 1.01 bits per heavy atom. The topological polar surface area (TPSA) is 398 Å². The molecule has 1 aliphatic carbocycles. The number of nitrogens with two attached hydrogens (primary N) is 1. The minimum absolute atomic E-state index is 0.0215. The first-order chi connectivity index (χ1) is 32.3. The number of imidazole rings is 1. The number of rotatable bonds is 30. The van der Waals surface area contributed by atoms with E-state index in [0.717, 1.165) is 67.5 Å². The first kappa shape index (κ1) is 58.2. The summed E-state index contributed by atoms with van der Waals surface area (Å²) < 4.78 is 62.4. The van der Waals surface area contributed by atoms with E-state index in [0.29, 0.717) is 31.0 Å². The van der Waals surface area contributed by atoms with Gasteiger partial charge in [-0.2, -0.15) is 4.31 Å². The van der Waals surface area contributed by atoms with Gasteiger partial charge in [0.2, 0.25) is 11.8 Å². The molecule has 2 aromatic rings. The molecule has 1 saturated heterocycles. The van der Waals surface area contributed by atoms with Gasteiger partial charge in [0.1, 0.15) is 47.8 Å². The second kappa shape index (κ2) is 26.4. The predicted octanol–water partition coefficient (Wildman–Crippen LogP) is 2.53. The van der Waals surface area contributed by atoms with Crippen LogP contribution in [0.5, 0.6) is 0 Å². The van der Waals surface area contributed by atoms with E-state index in [-0.39, 0.29) is 65.5 Å². The zero-order chi connectivity index (χ0) is 51.2.